The summed E-state index contributed by atoms with van der Waals surface area (Å²) >= 11 is 0. The van der Waals surface area contributed by atoms with Gasteiger partial charge in [0.15, 0.2) is 0 Å². The Bertz CT molecular complexity index is 261. The Morgan fingerprint density at radius 1 is 1.41 bits per heavy atom. The van der Waals surface area contributed by atoms with E-state index in [-0.39, 0.29) is 12.5 Å². The first-order valence-corrected chi connectivity index (χ1v) is 6.30. The SMILES string of the molecule is CCCNC(=O)CN=C(NN)NC1CCCC1. The van der Waals surface area contributed by atoms with Crippen LogP contribution in [0, 0.1) is 0 Å². The van der Waals surface area contributed by atoms with Gasteiger partial charge < -0.3 is 10.6 Å². The van der Waals surface area contributed by atoms with Crippen molar-refractivity contribution in [1.82, 2.24) is 16.1 Å². The predicted octanol–water partition coefficient (Wildman–Crippen LogP) is -0.136. The van der Waals surface area contributed by atoms with Gasteiger partial charge in [-0.05, 0) is 19.3 Å². The highest BCUT2D eigenvalue weighted by atomic mass is 16.1. The molecule has 1 rings (SSSR count). The number of carbonyl (C=O) groups excluding carboxylic acids is 1. The van der Waals surface area contributed by atoms with Gasteiger partial charge in [0, 0.05) is 12.6 Å². The molecule has 0 radical (unpaired) electrons. The van der Waals surface area contributed by atoms with Crippen molar-refractivity contribution in [3.8, 4) is 0 Å². The molecule has 0 aromatic carbocycles. The van der Waals surface area contributed by atoms with E-state index in [0.29, 0.717) is 18.5 Å². The van der Waals surface area contributed by atoms with E-state index in [0.717, 1.165) is 19.3 Å². The highest BCUT2D eigenvalue weighted by Crippen LogP contribution is 2.17. The van der Waals surface area contributed by atoms with Crippen molar-refractivity contribution < 1.29 is 4.79 Å². The summed E-state index contributed by atoms with van der Waals surface area (Å²) < 4.78 is 0. The summed E-state index contributed by atoms with van der Waals surface area (Å²) in [5.41, 5.74) is 2.50. The van der Waals surface area contributed by atoms with Gasteiger partial charge in [0.2, 0.25) is 11.9 Å². The molecule has 17 heavy (non-hydrogen) atoms. The van der Waals surface area contributed by atoms with Gasteiger partial charge in [-0.3, -0.25) is 10.2 Å². The number of hydrogen-bond donors (Lipinski definition) is 4. The zero-order chi connectivity index (χ0) is 12.5. The number of aliphatic imine (C=N–C) groups is 1. The molecular weight excluding hydrogens is 218 g/mol. The third-order valence-electron chi connectivity index (χ3n) is 2.79. The van der Waals surface area contributed by atoms with E-state index in [1.165, 1.54) is 12.8 Å². The first-order valence-electron chi connectivity index (χ1n) is 6.30. The molecule has 0 aliphatic heterocycles. The molecule has 0 aromatic heterocycles. The summed E-state index contributed by atoms with van der Waals surface area (Å²) in [6.07, 6.45) is 5.70. The van der Waals surface area contributed by atoms with Crippen molar-refractivity contribution >= 4 is 11.9 Å². The minimum absolute atomic E-state index is 0.0761. The van der Waals surface area contributed by atoms with Crippen LogP contribution in [0.25, 0.3) is 0 Å². The summed E-state index contributed by atoms with van der Waals surface area (Å²) in [5.74, 6) is 5.79. The Labute approximate surface area is 102 Å². The quantitative estimate of drug-likeness (QED) is 0.233. The molecule has 98 valence electrons. The fourth-order valence-electron chi connectivity index (χ4n) is 1.87. The average molecular weight is 241 g/mol. The van der Waals surface area contributed by atoms with Crippen molar-refractivity contribution in [2.45, 2.75) is 45.1 Å². The van der Waals surface area contributed by atoms with Crippen LogP contribution in [0.3, 0.4) is 0 Å². The average Bonchev–Trinajstić information content (AvgIpc) is 2.84. The lowest BCUT2D eigenvalue weighted by atomic mass is 10.2. The lowest BCUT2D eigenvalue weighted by Gasteiger charge is -2.14. The van der Waals surface area contributed by atoms with Crippen LogP contribution in [0.5, 0.6) is 0 Å². The smallest absolute Gasteiger partial charge is 0.241 e. The van der Waals surface area contributed by atoms with Gasteiger partial charge in [0.1, 0.15) is 6.54 Å². The van der Waals surface area contributed by atoms with Gasteiger partial charge in [-0.2, -0.15) is 0 Å². The third-order valence-corrected chi connectivity index (χ3v) is 2.79. The molecule has 1 aliphatic carbocycles. The minimum Gasteiger partial charge on any atom is -0.355 e. The fraction of sp³-hybridized carbons (Fsp3) is 0.818. The van der Waals surface area contributed by atoms with E-state index in [4.69, 9.17) is 5.84 Å². The largest absolute Gasteiger partial charge is 0.355 e. The van der Waals surface area contributed by atoms with Crippen LogP contribution in [-0.2, 0) is 4.79 Å². The van der Waals surface area contributed by atoms with Crippen molar-refractivity contribution in [3.63, 3.8) is 0 Å². The van der Waals surface area contributed by atoms with Crippen LogP contribution in [0.2, 0.25) is 0 Å². The van der Waals surface area contributed by atoms with Crippen LogP contribution in [0.1, 0.15) is 39.0 Å². The Balaban J connectivity index is 2.29. The molecule has 0 unspecified atom stereocenters. The molecule has 1 fully saturated rings. The maximum absolute atomic E-state index is 11.3. The Hall–Kier alpha value is -1.30. The zero-order valence-corrected chi connectivity index (χ0v) is 10.5. The molecule has 5 N–H and O–H groups in total. The molecule has 0 spiro atoms. The maximum Gasteiger partial charge on any atom is 0.241 e. The number of nitrogens with two attached hydrogens (primary N) is 1. The number of hydrazine groups is 1. The van der Waals surface area contributed by atoms with Crippen molar-refractivity contribution in [3.05, 3.63) is 0 Å². The van der Waals surface area contributed by atoms with E-state index < -0.39 is 0 Å². The molecule has 1 aliphatic rings. The first kappa shape index (κ1) is 13.8. The normalized spacial score (nSPS) is 16.9. The summed E-state index contributed by atoms with van der Waals surface area (Å²) in [6, 6.07) is 0.434. The highest BCUT2D eigenvalue weighted by molar-refractivity contribution is 5.84. The molecular formula is C11H23N5O. The van der Waals surface area contributed by atoms with Gasteiger partial charge >= 0.3 is 0 Å². The van der Waals surface area contributed by atoms with Crippen LogP contribution in [-0.4, -0.2) is 31.0 Å². The molecule has 1 saturated carbocycles. The Morgan fingerprint density at radius 2 is 2.12 bits per heavy atom. The van der Waals surface area contributed by atoms with E-state index >= 15 is 0 Å². The maximum atomic E-state index is 11.3. The predicted molar refractivity (Wildman–Crippen MR) is 68.3 cm³/mol. The van der Waals surface area contributed by atoms with Crippen LogP contribution in [0.4, 0.5) is 0 Å². The second-order valence-corrected chi connectivity index (χ2v) is 4.28. The number of nitrogens with one attached hydrogen (secondary N) is 3. The lowest BCUT2D eigenvalue weighted by Crippen LogP contribution is -2.46. The summed E-state index contributed by atoms with van der Waals surface area (Å²) in [6.45, 7) is 2.81. The molecule has 0 aromatic rings. The van der Waals surface area contributed by atoms with Gasteiger partial charge in [-0.1, -0.05) is 19.8 Å². The number of hydrogen-bond acceptors (Lipinski definition) is 3. The topological polar surface area (TPSA) is 91.5 Å². The van der Waals surface area contributed by atoms with Gasteiger partial charge in [0.25, 0.3) is 0 Å². The molecule has 0 saturated heterocycles. The molecule has 0 heterocycles. The standard InChI is InChI=1S/C11H23N5O/c1-2-7-13-10(17)8-14-11(16-12)15-9-5-3-4-6-9/h9H,2-8,12H2,1H3,(H,13,17)(H2,14,15,16). The molecule has 6 heteroatoms. The second-order valence-electron chi connectivity index (χ2n) is 4.28. The molecule has 0 bridgehead atoms. The van der Waals surface area contributed by atoms with Crippen LogP contribution in [0.15, 0.2) is 4.99 Å². The highest BCUT2D eigenvalue weighted by Gasteiger charge is 2.15. The minimum atomic E-state index is -0.0761. The van der Waals surface area contributed by atoms with Crippen LogP contribution >= 0.6 is 0 Å². The lowest BCUT2D eigenvalue weighted by molar-refractivity contribution is -0.119. The first-order chi connectivity index (χ1) is 8.26. The van der Waals surface area contributed by atoms with Gasteiger partial charge in [-0.25, -0.2) is 10.8 Å². The third kappa shape index (κ3) is 5.53. The van der Waals surface area contributed by atoms with E-state index in [1.807, 2.05) is 6.92 Å². The van der Waals surface area contributed by atoms with Crippen molar-refractivity contribution in [1.29, 1.82) is 0 Å². The van der Waals surface area contributed by atoms with Gasteiger partial charge in [0.05, 0.1) is 0 Å². The fourth-order valence-corrected chi connectivity index (χ4v) is 1.87. The van der Waals surface area contributed by atoms with Gasteiger partial charge in [-0.15, -0.1) is 0 Å². The summed E-state index contributed by atoms with van der Waals surface area (Å²) in [7, 11) is 0. The molecule has 6 nitrogen and oxygen atoms in total. The summed E-state index contributed by atoms with van der Waals surface area (Å²) in [5, 5.41) is 5.97. The Kier molecular flexibility index (Phi) is 6.39. The van der Waals surface area contributed by atoms with Crippen molar-refractivity contribution in [2.75, 3.05) is 13.1 Å². The summed E-state index contributed by atoms with van der Waals surface area (Å²) in [4.78, 5) is 15.5. The molecule has 0 atom stereocenters. The number of nitrogens with zero attached hydrogens (tertiary/aromatic N) is 1. The zero-order valence-electron chi connectivity index (χ0n) is 10.5. The van der Waals surface area contributed by atoms with Crippen LogP contribution < -0.4 is 21.9 Å². The number of amides is 1. The number of guanidine groups is 1. The molecule has 1 amide bonds. The van der Waals surface area contributed by atoms with E-state index in [9.17, 15) is 4.79 Å². The number of rotatable bonds is 5. The Morgan fingerprint density at radius 3 is 2.71 bits per heavy atom. The van der Waals surface area contributed by atoms with Crippen molar-refractivity contribution in [2.24, 2.45) is 10.8 Å². The number of carbonyl (C=O) groups is 1. The van der Waals surface area contributed by atoms with E-state index in [2.05, 4.69) is 21.1 Å². The second kappa shape index (κ2) is 7.89. The monoisotopic (exact) mass is 241 g/mol. The van der Waals surface area contributed by atoms with E-state index in [1.54, 1.807) is 0 Å².